The Morgan fingerprint density at radius 2 is 1.93 bits per heavy atom. The van der Waals surface area contributed by atoms with Crippen LogP contribution in [0.1, 0.15) is 23.1 Å². The first kappa shape index (κ1) is 20.4. The van der Waals surface area contributed by atoms with Gasteiger partial charge in [0.05, 0.1) is 18.9 Å². The molecule has 2 aromatic carbocycles. The van der Waals surface area contributed by atoms with Crippen molar-refractivity contribution in [2.45, 2.75) is 20.4 Å². The Labute approximate surface area is 176 Å². The van der Waals surface area contributed by atoms with Crippen LogP contribution in [0.5, 0.6) is 5.75 Å². The van der Waals surface area contributed by atoms with Gasteiger partial charge < -0.3 is 14.8 Å². The smallest absolute Gasteiger partial charge is 0.273 e. The van der Waals surface area contributed by atoms with Gasteiger partial charge in [0.1, 0.15) is 18.1 Å². The van der Waals surface area contributed by atoms with Crippen molar-refractivity contribution in [3.63, 3.8) is 0 Å². The Balaban J connectivity index is 1.51. The highest BCUT2D eigenvalue weighted by Gasteiger charge is 2.16. The zero-order chi connectivity index (χ0) is 20.9. The maximum atomic E-state index is 12.9. The van der Waals surface area contributed by atoms with Gasteiger partial charge >= 0.3 is 0 Å². The van der Waals surface area contributed by atoms with Gasteiger partial charge in [0.15, 0.2) is 0 Å². The number of nitrogens with zero attached hydrogens (tertiary/aromatic N) is 3. The van der Waals surface area contributed by atoms with Crippen molar-refractivity contribution in [3.8, 4) is 5.75 Å². The summed E-state index contributed by atoms with van der Waals surface area (Å²) >= 11 is 0. The lowest BCUT2D eigenvalue weighted by molar-refractivity contribution is 0.0323. The van der Waals surface area contributed by atoms with Crippen LogP contribution in [-0.4, -0.2) is 60.0 Å². The topological polar surface area (TPSA) is 68.6 Å². The molecule has 30 heavy (non-hydrogen) atoms. The minimum absolute atomic E-state index is 0.163. The molecule has 0 bridgehead atoms. The Morgan fingerprint density at radius 3 is 2.70 bits per heavy atom. The number of ether oxygens (including phenoxy) is 2. The molecule has 1 aromatic heterocycles. The summed E-state index contributed by atoms with van der Waals surface area (Å²) in [6, 6.07) is 13.6. The number of anilines is 1. The van der Waals surface area contributed by atoms with Gasteiger partial charge in [0, 0.05) is 42.6 Å². The quantitative estimate of drug-likeness (QED) is 0.650. The molecule has 4 rings (SSSR count). The van der Waals surface area contributed by atoms with Crippen molar-refractivity contribution < 1.29 is 14.3 Å². The maximum Gasteiger partial charge on any atom is 0.273 e. The number of amides is 1. The molecule has 3 aromatic rings. The van der Waals surface area contributed by atoms with Crippen LogP contribution in [0.15, 0.2) is 42.5 Å². The van der Waals surface area contributed by atoms with Crippen LogP contribution in [0.25, 0.3) is 10.8 Å². The molecule has 2 heterocycles. The summed E-state index contributed by atoms with van der Waals surface area (Å²) in [6.07, 6.45) is 0. The highest BCUT2D eigenvalue weighted by Crippen LogP contribution is 2.32. The number of benzene rings is 2. The van der Waals surface area contributed by atoms with Gasteiger partial charge in [-0.15, -0.1) is 0 Å². The molecule has 0 saturated carbocycles. The molecule has 1 amide bonds. The zero-order valence-corrected chi connectivity index (χ0v) is 17.6. The molecule has 0 spiro atoms. The average Bonchev–Trinajstić information content (AvgIpc) is 3.17. The molecule has 7 nitrogen and oxygen atoms in total. The van der Waals surface area contributed by atoms with Gasteiger partial charge in [-0.2, -0.15) is 5.10 Å². The highest BCUT2D eigenvalue weighted by molar-refractivity contribution is 6.09. The van der Waals surface area contributed by atoms with E-state index in [1.165, 1.54) is 0 Å². The third-order valence-electron chi connectivity index (χ3n) is 5.34. The van der Waals surface area contributed by atoms with Crippen LogP contribution in [0.4, 0.5) is 5.69 Å². The van der Waals surface area contributed by atoms with Gasteiger partial charge in [0.25, 0.3) is 5.91 Å². The van der Waals surface area contributed by atoms with Gasteiger partial charge in [-0.1, -0.05) is 24.3 Å². The fourth-order valence-corrected chi connectivity index (χ4v) is 3.77. The number of carbonyl (C=O) groups is 1. The molecule has 1 fully saturated rings. The number of hydrogen-bond acceptors (Lipinski definition) is 5. The molecule has 0 radical (unpaired) electrons. The predicted molar refractivity (Wildman–Crippen MR) is 117 cm³/mol. The lowest BCUT2D eigenvalue weighted by atomic mass is 10.1. The number of carbonyl (C=O) groups excluding carboxylic acids is 1. The Bertz CT molecular complexity index is 1020. The Kier molecular flexibility index (Phi) is 6.30. The number of fused-ring (bicyclic) bond motifs is 1. The molecule has 1 saturated heterocycles. The molecule has 0 unspecified atom stereocenters. The van der Waals surface area contributed by atoms with Crippen molar-refractivity contribution in [2.24, 2.45) is 0 Å². The van der Waals surface area contributed by atoms with Crippen molar-refractivity contribution >= 4 is 22.4 Å². The molecule has 0 atom stereocenters. The molecular weight excluding hydrogens is 380 g/mol. The second kappa shape index (κ2) is 9.28. The highest BCUT2D eigenvalue weighted by atomic mass is 16.5. The van der Waals surface area contributed by atoms with E-state index in [1.54, 1.807) is 4.68 Å². The Morgan fingerprint density at radius 1 is 1.17 bits per heavy atom. The van der Waals surface area contributed by atoms with Gasteiger partial charge in [-0.3, -0.25) is 14.4 Å². The van der Waals surface area contributed by atoms with Crippen LogP contribution in [0.2, 0.25) is 0 Å². The van der Waals surface area contributed by atoms with E-state index in [0.717, 1.165) is 60.8 Å². The lowest BCUT2D eigenvalue weighted by Gasteiger charge is -2.26. The van der Waals surface area contributed by atoms with Crippen molar-refractivity contribution in [1.82, 2.24) is 14.7 Å². The van der Waals surface area contributed by atoms with Gasteiger partial charge in [0.2, 0.25) is 0 Å². The SMILES string of the molecule is CCn1nc(C)cc1C(=O)Nc1ccc(OCCN2CCOCC2)c2ccccc12. The van der Waals surface area contributed by atoms with Crippen molar-refractivity contribution in [2.75, 3.05) is 44.8 Å². The fourth-order valence-electron chi connectivity index (χ4n) is 3.77. The molecule has 1 aliphatic heterocycles. The van der Waals surface area contributed by atoms with Crippen molar-refractivity contribution in [1.29, 1.82) is 0 Å². The molecular formula is C23H28N4O3. The summed E-state index contributed by atoms with van der Waals surface area (Å²) in [5, 5.41) is 9.35. The van der Waals surface area contributed by atoms with E-state index in [4.69, 9.17) is 9.47 Å². The van der Waals surface area contributed by atoms with E-state index in [-0.39, 0.29) is 5.91 Å². The summed E-state index contributed by atoms with van der Waals surface area (Å²) in [5.41, 5.74) is 2.15. The number of nitrogens with one attached hydrogen (secondary N) is 1. The minimum Gasteiger partial charge on any atom is -0.492 e. The van der Waals surface area contributed by atoms with Crippen LogP contribution >= 0.6 is 0 Å². The van der Waals surface area contributed by atoms with Crippen molar-refractivity contribution in [3.05, 3.63) is 53.9 Å². The standard InChI is InChI=1S/C23H28N4O3/c1-3-27-21(16-17(2)25-27)23(28)24-20-8-9-22(19-7-5-4-6-18(19)20)30-15-12-26-10-13-29-14-11-26/h4-9,16H,3,10-15H2,1-2H3,(H,24,28). The molecule has 158 valence electrons. The fraction of sp³-hybridized carbons (Fsp3) is 0.391. The number of hydrogen-bond donors (Lipinski definition) is 1. The van der Waals surface area contributed by atoms with Crippen LogP contribution in [0, 0.1) is 6.92 Å². The van der Waals surface area contributed by atoms with E-state index in [1.807, 2.05) is 56.3 Å². The largest absolute Gasteiger partial charge is 0.492 e. The number of aryl methyl sites for hydroxylation is 2. The van der Waals surface area contributed by atoms with Crippen LogP contribution in [0.3, 0.4) is 0 Å². The monoisotopic (exact) mass is 408 g/mol. The molecule has 1 aliphatic rings. The molecule has 1 N–H and O–H groups in total. The molecule has 7 heteroatoms. The number of rotatable bonds is 7. The average molecular weight is 409 g/mol. The van der Waals surface area contributed by atoms with Crippen LogP contribution < -0.4 is 10.1 Å². The van der Waals surface area contributed by atoms with E-state index < -0.39 is 0 Å². The summed E-state index contributed by atoms with van der Waals surface area (Å²) in [4.78, 5) is 15.2. The lowest BCUT2D eigenvalue weighted by Crippen LogP contribution is -2.38. The van der Waals surface area contributed by atoms with Gasteiger partial charge in [-0.25, -0.2) is 0 Å². The zero-order valence-electron chi connectivity index (χ0n) is 17.6. The van der Waals surface area contributed by atoms with E-state index in [9.17, 15) is 4.79 Å². The number of aromatic nitrogens is 2. The van der Waals surface area contributed by atoms with Crippen LogP contribution in [-0.2, 0) is 11.3 Å². The first-order valence-electron chi connectivity index (χ1n) is 10.5. The molecule has 0 aliphatic carbocycles. The third-order valence-corrected chi connectivity index (χ3v) is 5.34. The Hall–Kier alpha value is -2.90. The number of morpholine rings is 1. The van der Waals surface area contributed by atoms with E-state index >= 15 is 0 Å². The summed E-state index contributed by atoms with van der Waals surface area (Å²) in [7, 11) is 0. The normalized spacial score (nSPS) is 14.7. The second-order valence-electron chi connectivity index (χ2n) is 7.40. The summed E-state index contributed by atoms with van der Waals surface area (Å²) < 4.78 is 13.2. The third kappa shape index (κ3) is 4.47. The first-order valence-corrected chi connectivity index (χ1v) is 10.5. The summed E-state index contributed by atoms with van der Waals surface area (Å²) in [6.45, 7) is 9.46. The first-order chi connectivity index (χ1) is 14.7. The van der Waals surface area contributed by atoms with E-state index in [0.29, 0.717) is 18.8 Å². The van der Waals surface area contributed by atoms with E-state index in [2.05, 4.69) is 15.3 Å². The summed E-state index contributed by atoms with van der Waals surface area (Å²) in [5.74, 6) is 0.662. The predicted octanol–water partition coefficient (Wildman–Crippen LogP) is 3.33. The van der Waals surface area contributed by atoms with Gasteiger partial charge in [-0.05, 0) is 32.0 Å². The maximum absolute atomic E-state index is 12.9. The second-order valence-corrected chi connectivity index (χ2v) is 7.40. The minimum atomic E-state index is -0.163.